The first-order valence-electron chi connectivity index (χ1n) is 10.4. The highest BCUT2D eigenvalue weighted by Gasteiger charge is 2.30. The summed E-state index contributed by atoms with van der Waals surface area (Å²) in [6, 6.07) is 13.7. The van der Waals surface area contributed by atoms with Gasteiger partial charge >= 0.3 is 0 Å². The fraction of sp³-hybridized carbons (Fsp3) is 0.304. The minimum Gasteiger partial charge on any atom is -0.493 e. The van der Waals surface area contributed by atoms with E-state index in [1.54, 1.807) is 19.2 Å². The van der Waals surface area contributed by atoms with E-state index in [0.29, 0.717) is 39.9 Å². The normalized spacial score (nSPS) is 13.4. The molecule has 1 saturated carbocycles. The topological polar surface area (TPSA) is 94.9 Å². The molecule has 1 fully saturated rings. The Labute approximate surface area is 189 Å². The molecule has 0 saturated heterocycles. The number of methoxy groups -OCH3 is 2. The van der Waals surface area contributed by atoms with E-state index >= 15 is 0 Å². The second kappa shape index (κ2) is 8.66. The van der Waals surface area contributed by atoms with Crippen LogP contribution in [0.2, 0.25) is 0 Å². The summed E-state index contributed by atoms with van der Waals surface area (Å²) in [6.45, 7) is 0.723. The average molecular weight is 450 g/mol. The van der Waals surface area contributed by atoms with Gasteiger partial charge in [0.2, 0.25) is 0 Å². The first-order valence-corrected chi connectivity index (χ1v) is 11.4. The molecular formula is C23H23N5O3S. The second-order valence-electron chi connectivity index (χ2n) is 7.71. The zero-order valence-corrected chi connectivity index (χ0v) is 18.7. The van der Waals surface area contributed by atoms with Crippen molar-refractivity contribution in [3.8, 4) is 11.5 Å². The Hall–Kier alpha value is -3.33. The Kier molecular flexibility index (Phi) is 5.57. The number of hydrogen-bond donors (Lipinski definition) is 1. The lowest BCUT2D eigenvalue weighted by molar-refractivity contribution is 0.355. The maximum absolute atomic E-state index is 12.7. The van der Waals surface area contributed by atoms with Crippen LogP contribution in [0, 0.1) is 0 Å². The minimum absolute atomic E-state index is 0.212. The van der Waals surface area contributed by atoms with E-state index in [2.05, 4.69) is 36.9 Å². The first-order chi connectivity index (χ1) is 15.7. The van der Waals surface area contributed by atoms with Crippen LogP contribution < -0.4 is 15.0 Å². The van der Waals surface area contributed by atoms with Gasteiger partial charge in [0.05, 0.1) is 37.4 Å². The number of fused-ring (bicyclic) bond motifs is 1. The molecule has 0 amide bonds. The Bertz CT molecular complexity index is 1310. The third-order valence-corrected chi connectivity index (χ3v) is 6.45. The minimum atomic E-state index is -0.212. The van der Waals surface area contributed by atoms with Gasteiger partial charge in [-0.1, -0.05) is 42.1 Å². The van der Waals surface area contributed by atoms with Crippen molar-refractivity contribution in [2.45, 2.75) is 36.2 Å². The lowest BCUT2D eigenvalue weighted by Crippen LogP contribution is -2.12. The second-order valence-corrected chi connectivity index (χ2v) is 8.65. The Balaban J connectivity index is 1.42. The Morgan fingerprint density at radius 2 is 1.84 bits per heavy atom. The Morgan fingerprint density at radius 1 is 1.09 bits per heavy atom. The molecule has 164 valence electrons. The number of ether oxygens (including phenoxy) is 2. The van der Waals surface area contributed by atoms with E-state index in [0.717, 1.165) is 30.4 Å². The summed E-state index contributed by atoms with van der Waals surface area (Å²) in [5, 5.41) is 10.2. The number of hydrogen-bond acceptors (Lipinski definition) is 7. The molecule has 32 heavy (non-hydrogen) atoms. The lowest BCUT2D eigenvalue weighted by Gasteiger charge is -2.11. The van der Waals surface area contributed by atoms with Crippen molar-refractivity contribution in [1.82, 2.24) is 24.7 Å². The van der Waals surface area contributed by atoms with Crippen molar-refractivity contribution >= 4 is 22.7 Å². The number of thioether (sulfide) groups is 1. The lowest BCUT2D eigenvalue weighted by atomic mass is 10.2. The van der Waals surface area contributed by atoms with Crippen LogP contribution in [0.4, 0.5) is 0 Å². The zero-order valence-electron chi connectivity index (χ0n) is 17.9. The molecule has 0 bridgehead atoms. The molecule has 0 radical (unpaired) electrons. The summed E-state index contributed by atoms with van der Waals surface area (Å²) in [5.74, 6) is 3.60. The van der Waals surface area contributed by atoms with Gasteiger partial charge in [0.15, 0.2) is 16.7 Å². The van der Waals surface area contributed by atoms with Crippen molar-refractivity contribution in [3.05, 3.63) is 70.0 Å². The molecule has 0 atom stereocenters. The van der Waals surface area contributed by atoms with E-state index in [9.17, 15) is 4.79 Å². The number of rotatable bonds is 8. The zero-order chi connectivity index (χ0) is 22.1. The summed E-state index contributed by atoms with van der Waals surface area (Å²) in [5.41, 5.74) is 1.55. The van der Waals surface area contributed by atoms with Crippen molar-refractivity contribution in [1.29, 1.82) is 0 Å². The van der Waals surface area contributed by atoms with Gasteiger partial charge in [0.25, 0.3) is 5.56 Å². The summed E-state index contributed by atoms with van der Waals surface area (Å²) in [6.07, 6.45) is 2.31. The van der Waals surface area contributed by atoms with Crippen molar-refractivity contribution in [3.63, 3.8) is 0 Å². The standard InChI is InChI=1S/C23H23N5O3S/c1-30-18-10-16-17(11-19(18)31-2)24-20(25-22(16)29)13-32-23-27-26-21(15-8-9-15)28(23)12-14-6-4-3-5-7-14/h3-7,10-11,15H,8-9,12-13H2,1-2H3,(H,24,25,29). The van der Waals surface area contributed by atoms with Gasteiger partial charge in [-0.2, -0.15) is 0 Å². The maximum atomic E-state index is 12.7. The van der Waals surface area contributed by atoms with Crippen LogP contribution in [0.3, 0.4) is 0 Å². The van der Waals surface area contributed by atoms with Gasteiger partial charge in [0, 0.05) is 12.0 Å². The predicted octanol–water partition coefficient (Wildman–Crippen LogP) is 3.75. The molecule has 2 aromatic carbocycles. The van der Waals surface area contributed by atoms with Crippen LogP contribution in [0.15, 0.2) is 52.4 Å². The molecule has 0 spiro atoms. The van der Waals surface area contributed by atoms with E-state index in [1.807, 2.05) is 18.2 Å². The summed E-state index contributed by atoms with van der Waals surface area (Å²) < 4.78 is 12.8. The SMILES string of the molecule is COc1cc2nc(CSc3nnc(C4CC4)n3Cc3ccccc3)[nH]c(=O)c2cc1OC. The number of aromatic amines is 1. The highest BCUT2D eigenvalue weighted by Crippen LogP contribution is 2.40. The van der Waals surface area contributed by atoms with Crippen LogP contribution in [0.5, 0.6) is 11.5 Å². The van der Waals surface area contributed by atoms with Crippen LogP contribution in [-0.2, 0) is 12.3 Å². The molecule has 8 nitrogen and oxygen atoms in total. The van der Waals surface area contributed by atoms with Gasteiger partial charge < -0.3 is 19.0 Å². The summed E-state index contributed by atoms with van der Waals surface area (Å²) in [4.78, 5) is 20.2. The monoisotopic (exact) mass is 449 g/mol. The van der Waals surface area contributed by atoms with Gasteiger partial charge in [-0.05, 0) is 24.5 Å². The fourth-order valence-electron chi connectivity index (χ4n) is 3.68. The predicted molar refractivity (Wildman–Crippen MR) is 123 cm³/mol. The number of nitrogens with zero attached hydrogens (tertiary/aromatic N) is 4. The number of nitrogens with one attached hydrogen (secondary N) is 1. The molecule has 1 aliphatic rings. The number of benzene rings is 2. The van der Waals surface area contributed by atoms with Crippen molar-refractivity contribution in [2.24, 2.45) is 0 Å². The molecule has 2 aromatic heterocycles. The number of aromatic nitrogens is 5. The molecule has 4 aromatic rings. The highest BCUT2D eigenvalue weighted by atomic mass is 32.2. The Morgan fingerprint density at radius 3 is 2.56 bits per heavy atom. The van der Waals surface area contributed by atoms with Crippen molar-refractivity contribution in [2.75, 3.05) is 14.2 Å². The molecule has 9 heteroatoms. The summed E-state index contributed by atoms with van der Waals surface area (Å²) in [7, 11) is 3.10. The molecule has 1 aliphatic carbocycles. The van der Waals surface area contributed by atoms with Gasteiger partial charge in [0.1, 0.15) is 11.6 Å². The van der Waals surface area contributed by atoms with Gasteiger partial charge in [-0.15, -0.1) is 10.2 Å². The molecular weight excluding hydrogens is 426 g/mol. The van der Waals surface area contributed by atoms with E-state index in [1.165, 1.54) is 24.4 Å². The smallest absolute Gasteiger partial charge is 0.258 e. The van der Waals surface area contributed by atoms with E-state index in [-0.39, 0.29) is 5.56 Å². The molecule has 0 aliphatic heterocycles. The molecule has 0 unspecified atom stereocenters. The third-order valence-electron chi connectivity index (χ3n) is 5.47. The van der Waals surface area contributed by atoms with Gasteiger partial charge in [-0.25, -0.2) is 4.98 Å². The van der Waals surface area contributed by atoms with Gasteiger partial charge in [-0.3, -0.25) is 4.79 Å². The average Bonchev–Trinajstić information content (AvgIpc) is 3.59. The summed E-state index contributed by atoms with van der Waals surface area (Å²) >= 11 is 1.52. The quantitative estimate of drug-likeness (QED) is 0.409. The first kappa shape index (κ1) is 20.6. The highest BCUT2D eigenvalue weighted by molar-refractivity contribution is 7.98. The van der Waals surface area contributed by atoms with E-state index in [4.69, 9.17) is 9.47 Å². The molecule has 2 heterocycles. The molecule has 5 rings (SSSR count). The third kappa shape index (κ3) is 4.08. The van der Waals surface area contributed by atoms with E-state index < -0.39 is 0 Å². The van der Waals surface area contributed by atoms with Crippen LogP contribution in [0.25, 0.3) is 10.9 Å². The fourth-order valence-corrected chi connectivity index (χ4v) is 4.50. The van der Waals surface area contributed by atoms with Crippen LogP contribution in [-0.4, -0.2) is 39.0 Å². The molecule has 1 N–H and O–H groups in total. The number of H-pyrrole nitrogens is 1. The van der Waals surface area contributed by atoms with Crippen LogP contribution >= 0.6 is 11.8 Å². The maximum Gasteiger partial charge on any atom is 0.258 e. The largest absolute Gasteiger partial charge is 0.493 e. The van der Waals surface area contributed by atoms with Crippen molar-refractivity contribution < 1.29 is 9.47 Å². The van der Waals surface area contributed by atoms with Crippen LogP contribution in [0.1, 0.15) is 36.0 Å².